The highest BCUT2D eigenvalue weighted by atomic mass is 14.9. The molecular formula is C68H34N4. The second-order valence-electron chi connectivity index (χ2n) is 20.8. The van der Waals surface area contributed by atoms with Crippen LogP contribution in [0.5, 0.6) is 0 Å². The normalized spacial score (nSPS) is 13.3. The highest BCUT2D eigenvalue weighted by Gasteiger charge is 2.27. The van der Waals surface area contributed by atoms with Crippen molar-refractivity contribution in [1.29, 1.82) is 0 Å². The van der Waals surface area contributed by atoms with E-state index in [0.29, 0.717) is 0 Å². The van der Waals surface area contributed by atoms with E-state index in [1.165, 1.54) is 185 Å². The van der Waals surface area contributed by atoms with Crippen LogP contribution in [0.2, 0.25) is 0 Å². The zero-order valence-electron chi connectivity index (χ0n) is 38.4. The predicted octanol–water partition coefficient (Wildman–Crippen LogP) is 18.3. The Morgan fingerprint density at radius 3 is 1.11 bits per heavy atom. The summed E-state index contributed by atoms with van der Waals surface area (Å²) < 4.78 is 10.2. The number of hydrogen-bond acceptors (Lipinski definition) is 0. The van der Waals surface area contributed by atoms with E-state index in [-0.39, 0.29) is 0 Å². The Morgan fingerprint density at radius 2 is 0.542 bits per heavy atom. The second kappa shape index (κ2) is 11.7. The molecule has 0 saturated heterocycles. The van der Waals surface area contributed by atoms with Crippen LogP contribution in [0.15, 0.2) is 206 Å². The van der Waals surface area contributed by atoms with Crippen molar-refractivity contribution in [1.82, 2.24) is 17.6 Å². The van der Waals surface area contributed by atoms with Gasteiger partial charge in [-0.2, -0.15) is 0 Å². The SMILES string of the molecule is c1ccc2cc3c(cc2c1)c1cccc2c4cc5c(cc4n3c12)c1ccc(-c2cc3c4ccccc4n4c6cc7c8cccc9c%10ccccc%10n(c7cc6c(c2)c34)c98)c2c3cc4ccccc4cc3n5c12. The minimum absolute atomic E-state index is 1.24. The Labute approximate surface area is 406 Å². The van der Waals surface area contributed by atoms with Gasteiger partial charge < -0.3 is 17.6 Å². The topological polar surface area (TPSA) is 17.6 Å². The van der Waals surface area contributed by atoms with Gasteiger partial charge in [-0.3, -0.25) is 0 Å². The van der Waals surface area contributed by atoms with Gasteiger partial charge in [0, 0.05) is 86.2 Å². The van der Waals surface area contributed by atoms with Gasteiger partial charge in [0.1, 0.15) is 0 Å². The number of aromatic nitrogens is 4. The lowest BCUT2D eigenvalue weighted by Crippen LogP contribution is -1.84. The van der Waals surface area contributed by atoms with Gasteiger partial charge in [0.25, 0.3) is 0 Å². The summed E-state index contributed by atoms with van der Waals surface area (Å²) in [5, 5.41) is 25.8. The van der Waals surface area contributed by atoms with Crippen LogP contribution in [0.3, 0.4) is 0 Å². The molecule has 0 bridgehead atoms. The van der Waals surface area contributed by atoms with Crippen molar-refractivity contribution in [3.05, 3.63) is 206 Å². The number of rotatable bonds is 1. The molecular weight excluding hydrogens is 873 g/mol. The number of fused-ring (bicyclic) bond motifs is 26. The monoisotopic (exact) mass is 906 g/mol. The molecule has 0 atom stereocenters. The van der Waals surface area contributed by atoms with E-state index < -0.39 is 0 Å². The first kappa shape index (κ1) is 35.5. The number of hydrogen-bond donors (Lipinski definition) is 0. The average molecular weight is 907 g/mol. The maximum absolute atomic E-state index is 2.60. The molecule has 0 spiro atoms. The molecule has 0 N–H and O–H groups in total. The first-order chi connectivity index (χ1) is 35.7. The van der Waals surface area contributed by atoms with E-state index in [1.54, 1.807) is 0 Å². The minimum Gasteiger partial charge on any atom is -0.308 e. The van der Waals surface area contributed by atoms with Crippen LogP contribution in [-0.2, 0) is 0 Å². The fourth-order valence-corrected chi connectivity index (χ4v) is 14.7. The summed E-state index contributed by atoms with van der Waals surface area (Å²) >= 11 is 0. The smallest absolute Gasteiger partial charge is 0.0626 e. The lowest BCUT2D eigenvalue weighted by atomic mass is 9.94. The van der Waals surface area contributed by atoms with Gasteiger partial charge in [0.2, 0.25) is 0 Å². The summed E-state index contributed by atoms with van der Waals surface area (Å²) in [4.78, 5) is 0. The molecule has 12 aromatic carbocycles. The summed E-state index contributed by atoms with van der Waals surface area (Å²) in [6.45, 7) is 0. The molecule has 0 unspecified atom stereocenters. The average Bonchev–Trinajstić information content (AvgIpc) is 4.32. The molecule has 8 heterocycles. The van der Waals surface area contributed by atoms with Crippen LogP contribution in [0.1, 0.15) is 0 Å². The molecule has 326 valence electrons. The van der Waals surface area contributed by atoms with E-state index >= 15 is 0 Å². The van der Waals surface area contributed by atoms with Crippen molar-refractivity contribution in [3.63, 3.8) is 0 Å². The molecule has 0 amide bonds. The fourth-order valence-electron chi connectivity index (χ4n) is 14.7. The Morgan fingerprint density at radius 1 is 0.194 bits per heavy atom. The van der Waals surface area contributed by atoms with Gasteiger partial charge in [0.15, 0.2) is 0 Å². The fraction of sp³-hybridized carbons (Fsp3) is 0. The lowest BCUT2D eigenvalue weighted by molar-refractivity contribution is 1.36. The standard InChI is InChI=1S/C68H34N4/c1-3-13-37-29-58-48(25-35(37)11-1)44-18-10-20-46-50-31-62-51(33-61(50)71(58)66(44)46)47-24-23-40(64-55-26-36-12-2-4-14-38(36)30-59(55)72(62)68(47)64)39-27-53-42-16-6-8-22-57(42)70-63-32-49-45-19-9-17-43-41-15-5-7-21-56(41)69(65(43)45)60(49)34-52(63)54(28-39)67(53)70/h1-34H. The zero-order chi connectivity index (χ0) is 46.0. The van der Waals surface area contributed by atoms with Crippen LogP contribution >= 0.6 is 0 Å². The van der Waals surface area contributed by atoms with Crippen LogP contribution in [0.4, 0.5) is 0 Å². The molecule has 20 aromatic rings. The van der Waals surface area contributed by atoms with E-state index in [1.807, 2.05) is 0 Å². The van der Waals surface area contributed by atoms with E-state index in [2.05, 4.69) is 224 Å². The zero-order valence-corrected chi connectivity index (χ0v) is 38.4. The van der Waals surface area contributed by atoms with Crippen molar-refractivity contribution < 1.29 is 0 Å². The molecule has 8 aromatic heterocycles. The van der Waals surface area contributed by atoms with Gasteiger partial charge in [-0.05, 0) is 105 Å². The maximum Gasteiger partial charge on any atom is 0.0626 e. The number of benzene rings is 12. The molecule has 0 aliphatic heterocycles. The third-order valence-electron chi connectivity index (χ3n) is 17.6. The van der Waals surface area contributed by atoms with Crippen molar-refractivity contribution in [3.8, 4) is 11.1 Å². The van der Waals surface area contributed by atoms with Gasteiger partial charge in [-0.1, -0.05) is 133 Å². The molecule has 0 aliphatic carbocycles. The number of nitrogens with zero attached hydrogens (tertiary/aromatic N) is 4. The molecule has 20 rings (SSSR count). The van der Waals surface area contributed by atoms with Gasteiger partial charge >= 0.3 is 0 Å². The number of para-hydroxylation sites is 4. The van der Waals surface area contributed by atoms with Crippen LogP contribution in [-0.4, -0.2) is 17.6 Å². The first-order valence-corrected chi connectivity index (χ1v) is 25.2. The lowest BCUT2D eigenvalue weighted by Gasteiger charge is -2.08. The Kier molecular flexibility index (Phi) is 5.75. The van der Waals surface area contributed by atoms with Crippen molar-refractivity contribution in [2.24, 2.45) is 0 Å². The highest BCUT2D eigenvalue weighted by molar-refractivity contribution is 6.34. The molecule has 4 heteroatoms. The Balaban J connectivity index is 0.932. The molecule has 72 heavy (non-hydrogen) atoms. The van der Waals surface area contributed by atoms with Crippen molar-refractivity contribution in [2.75, 3.05) is 0 Å². The third kappa shape index (κ3) is 3.84. The van der Waals surface area contributed by atoms with Crippen LogP contribution in [0.25, 0.3) is 185 Å². The molecule has 0 radical (unpaired) electrons. The van der Waals surface area contributed by atoms with E-state index in [9.17, 15) is 0 Å². The first-order valence-electron chi connectivity index (χ1n) is 25.2. The maximum atomic E-state index is 2.60. The van der Waals surface area contributed by atoms with Crippen molar-refractivity contribution >= 4 is 174 Å². The Bertz CT molecular complexity index is 5880. The summed E-state index contributed by atoms with van der Waals surface area (Å²) in [6.07, 6.45) is 0. The highest BCUT2D eigenvalue weighted by Crippen LogP contribution is 2.51. The summed E-state index contributed by atoms with van der Waals surface area (Å²) in [5.41, 5.74) is 17.8. The quantitative estimate of drug-likeness (QED) is 0.156. The molecule has 4 nitrogen and oxygen atoms in total. The van der Waals surface area contributed by atoms with Gasteiger partial charge in [-0.15, -0.1) is 0 Å². The molecule has 0 saturated carbocycles. The molecule has 0 aliphatic rings. The second-order valence-corrected chi connectivity index (χ2v) is 20.8. The largest absolute Gasteiger partial charge is 0.308 e. The van der Waals surface area contributed by atoms with Crippen LogP contribution < -0.4 is 0 Å². The van der Waals surface area contributed by atoms with E-state index in [4.69, 9.17) is 0 Å². The predicted molar refractivity (Wildman–Crippen MR) is 306 cm³/mol. The van der Waals surface area contributed by atoms with Crippen molar-refractivity contribution in [2.45, 2.75) is 0 Å². The summed E-state index contributed by atoms with van der Waals surface area (Å²) in [5.74, 6) is 0. The third-order valence-corrected chi connectivity index (χ3v) is 17.6. The van der Waals surface area contributed by atoms with Gasteiger partial charge in [0.05, 0.1) is 66.2 Å². The minimum atomic E-state index is 1.24. The van der Waals surface area contributed by atoms with Crippen LogP contribution in [0, 0.1) is 0 Å². The van der Waals surface area contributed by atoms with Gasteiger partial charge in [-0.25, -0.2) is 0 Å². The molecule has 0 fully saturated rings. The Hall–Kier alpha value is -9.64. The van der Waals surface area contributed by atoms with E-state index in [0.717, 1.165) is 0 Å². The summed E-state index contributed by atoms with van der Waals surface area (Å²) in [7, 11) is 0. The summed E-state index contributed by atoms with van der Waals surface area (Å²) in [6, 6.07) is 78.9.